The third kappa shape index (κ3) is 11.3. The highest BCUT2D eigenvalue weighted by molar-refractivity contribution is 6.00. The molecule has 2 aromatic carbocycles. The van der Waals surface area contributed by atoms with Crippen LogP contribution < -0.4 is 20.1 Å². The second-order valence-corrected chi connectivity index (χ2v) is 18.2. The minimum absolute atomic E-state index is 0.0236. The zero-order valence-electron chi connectivity index (χ0n) is 38.1. The van der Waals surface area contributed by atoms with Gasteiger partial charge in [-0.05, 0) is 49.9 Å². The van der Waals surface area contributed by atoms with Crippen molar-refractivity contribution in [3.05, 3.63) is 96.1 Å². The maximum absolute atomic E-state index is 14.5. The highest BCUT2D eigenvalue weighted by Crippen LogP contribution is 2.29. The van der Waals surface area contributed by atoms with Crippen LogP contribution in [0.4, 0.5) is 0 Å². The van der Waals surface area contributed by atoms with Crippen LogP contribution in [0.3, 0.4) is 0 Å². The average Bonchev–Trinajstić information content (AvgIpc) is 4.09. The molecule has 6 N–H and O–H groups in total. The molecule has 4 saturated heterocycles. The molecule has 20 heteroatoms. The van der Waals surface area contributed by atoms with Gasteiger partial charge < -0.3 is 59.6 Å². The van der Waals surface area contributed by atoms with Gasteiger partial charge in [0, 0.05) is 90.0 Å². The number of fused-ring (bicyclic) bond motifs is 8. The summed E-state index contributed by atoms with van der Waals surface area (Å²) >= 11 is 0. The van der Waals surface area contributed by atoms with E-state index in [4.69, 9.17) is 18.9 Å². The summed E-state index contributed by atoms with van der Waals surface area (Å²) in [5, 5.41) is 28.1. The molecular weight excluding hydrogens is 877 g/mol. The number of aromatic amines is 2. The number of piperazine rings is 2. The Morgan fingerprint density at radius 1 is 0.574 bits per heavy atom. The smallest absolute Gasteiger partial charge is 0.258 e. The van der Waals surface area contributed by atoms with E-state index in [1.54, 1.807) is 83.1 Å². The number of carbonyl (C=O) groups is 4. The monoisotopic (exact) mass is 938 g/mol. The van der Waals surface area contributed by atoms with Crippen molar-refractivity contribution in [1.82, 2.24) is 50.2 Å². The zero-order chi connectivity index (χ0) is 47.0. The number of nitrogens with one attached hydrogen (secondary N) is 4. The molecule has 0 unspecified atom stereocenters. The van der Waals surface area contributed by atoms with E-state index < -0.39 is 36.5 Å². The number of aliphatic hydroxyl groups is 2. The van der Waals surface area contributed by atoms with E-state index in [1.807, 2.05) is 0 Å². The number of carbonyl (C=O) groups excluding carboxylic acids is 4. The van der Waals surface area contributed by atoms with E-state index in [-0.39, 0.29) is 88.3 Å². The van der Waals surface area contributed by atoms with E-state index in [0.29, 0.717) is 87.3 Å². The molecule has 2 aromatic heterocycles. The van der Waals surface area contributed by atoms with Crippen molar-refractivity contribution in [3.8, 4) is 11.5 Å². The second kappa shape index (κ2) is 22.0. The van der Waals surface area contributed by atoms with E-state index >= 15 is 0 Å². The van der Waals surface area contributed by atoms with E-state index in [9.17, 15) is 29.4 Å². The third-order valence-corrected chi connectivity index (χ3v) is 13.7. The molecule has 8 atom stereocenters. The van der Waals surface area contributed by atoms with Gasteiger partial charge >= 0.3 is 0 Å². The van der Waals surface area contributed by atoms with Crippen LogP contribution in [0.2, 0.25) is 0 Å². The Morgan fingerprint density at radius 3 is 1.44 bits per heavy atom. The quantitative estimate of drug-likeness (QED) is 0.168. The van der Waals surface area contributed by atoms with Gasteiger partial charge in [0.25, 0.3) is 11.8 Å². The molecule has 4 bridgehead atoms. The molecule has 0 saturated carbocycles. The lowest BCUT2D eigenvalue weighted by Crippen LogP contribution is -2.61. The fourth-order valence-electron chi connectivity index (χ4n) is 9.87. The number of imidazole rings is 2. The summed E-state index contributed by atoms with van der Waals surface area (Å²) in [6, 6.07) is 12.2. The molecule has 7 heterocycles. The van der Waals surface area contributed by atoms with Gasteiger partial charge in [0.15, 0.2) is 0 Å². The molecule has 0 radical (unpaired) electrons. The van der Waals surface area contributed by atoms with Crippen LogP contribution in [0.15, 0.2) is 73.3 Å². The van der Waals surface area contributed by atoms with Crippen LogP contribution in [0.25, 0.3) is 0 Å². The van der Waals surface area contributed by atoms with Crippen LogP contribution >= 0.6 is 0 Å². The van der Waals surface area contributed by atoms with E-state index in [0.717, 1.165) is 11.6 Å². The molecule has 5 aliphatic heterocycles. The molecule has 4 fully saturated rings. The Labute approximate surface area is 394 Å². The highest BCUT2D eigenvalue weighted by atomic mass is 16.5. The third-order valence-electron chi connectivity index (χ3n) is 13.7. The van der Waals surface area contributed by atoms with E-state index in [1.165, 1.54) is 0 Å². The van der Waals surface area contributed by atoms with Gasteiger partial charge in [-0.3, -0.25) is 29.0 Å². The van der Waals surface area contributed by atoms with Crippen molar-refractivity contribution in [2.45, 2.75) is 100 Å². The molecule has 4 amide bonds. The first kappa shape index (κ1) is 47.2. The molecule has 0 spiro atoms. The van der Waals surface area contributed by atoms with Crippen molar-refractivity contribution in [3.63, 3.8) is 0 Å². The molecule has 5 aliphatic rings. The normalized spacial score (nSPS) is 28.8. The summed E-state index contributed by atoms with van der Waals surface area (Å²) in [6.07, 6.45) is 6.07. The van der Waals surface area contributed by atoms with Crippen molar-refractivity contribution in [1.29, 1.82) is 0 Å². The second-order valence-electron chi connectivity index (χ2n) is 18.2. The number of ether oxygens (including phenoxy) is 4. The molecule has 68 heavy (non-hydrogen) atoms. The van der Waals surface area contributed by atoms with E-state index in [2.05, 4.69) is 40.4 Å². The van der Waals surface area contributed by atoms with Gasteiger partial charge in [-0.15, -0.1) is 0 Å². The maximum Gasteiger partial charge on any atom is 0.258 e. The summed E-state index contributed by atoms with van der Waals surface area (Å²) in [6.45, 7) is 3.40. The molecular formula is C48H62N10O10. The van der Waals surface area contributed by atoms with Crippen LogP contribution in [0.5, 0.6) is 11.5 Å². The molecule has 9 rings (SSSR count). The lowest BCUT2D eigenvalue weighted by Gasteiger charge is -2.41. The summed E-state index contributed by atoms with van der Waals surface area (Å²) in [5.41, 5.74) is 0.630. The number of H-pyrrole nitrogens is 2. The van der Waals surface area contributed by atoms with Gasteiger partial charge in [-0.25, -0.2) is 9.97 Å². The minimum atomic E-state index is -0.876. The summed E-state index contributed by atoms with van der Waals surface area (Å²) in [4.78, 5) is 79.8. The molecule has 4 aromatic rings. The number of hydrogen-bond acceptors (Lipinski definition) is 14. The predicted molar refractivity (Wildman–Crippen MR) is 244 cm³/mol. The summed E-state index contributed by atoms with van der Waals surface area (Å²) < 4.78 is 25.3. The number of aliphatic hydroxyl groups excluding tert-OH is 2. The number of aromatic nitrogens is 4. The Balaban J connectivity index is 0.954. The van der Waals surface area contributed by atoms with Crippen molar-refractivity contribution >= 4 is 23.6 Å². The Morgan fingerprint density at radius 2 is 1.01 bits per heavy atom. The first-order valence-corrected chi connectivity index (χ1v) is 23.9. The van der Waals surface area contributed by atoms with Crippen molar-refractivity contribution in [2.24, 2.45) is 0 Å². The van der Waals surface area contributed by atoms with Gasteiger partial charge in [0.05, 0.1) is 61.8 Å². The van der Waals surface area contributed by atoms with Gasteiger partial charge in [0.2, 0.25) is 11.8 Å². The number of rotatable bonds is 4. The Bertz CT molecular complexity index is 2160. The summed E-state index contributed by atoms with van der Waals surface area (Å²) in [5.74, 6) is 0.770. The largest absolute Gasteiger partial charge is 0.493 e. The zero-order valence-corrected chi connectivity index (χ0v) is 38.1. The number of para-hydroxylation sites is 2. The number of nitrogens with zero attached hydrogens (tertiary/aromatic N) is 6. The topological polar surface area (TPSA) is 240 Å². The Hall–Kier alpha value is -5.90. The first-order valence-electron chi connectivity index (χ1n) is 23.9. The Kier molecular flexibility index (Phi) is 15.3. The van der Waals surface area contributed by atoms with Gasteiger partial charge in [-0.2, -0.15) is 0 Å². The average molecular weight is 939 g/mol. The lowest BCUT2D eigenvalue weighted by molar-refractivity contribution is -0.135. The fourth-order valence-corrected chi connectivity index (χ4v) is 9.87. The van der Waals surface area contributed by atoms with Crippen molar-refractivity contribution in [2.75, 3.05) is 65.6 Å². The number of amides is 4. The summed E-state index contributed by atoms with van der Waals surface area (Å²) in [7, 11) is 0. The molecule has 364 valence electrons. The van der Waals surface area contributed by atoms with Crippen LogP contribution in [-0.4, -0.2) is 188 Å². The highest BCUT2D eigenvalue weighted by Gasteiger charge is 2.40. The predicted octanol–water partition coefficient (Wildman–Crippen LogP) is 1.09. The molecule has 0 aliphatic carbocycles. The fraction of sp³-hybridized carbons (Fsp3) is 0.542. The van der Waals surface area contributed by atoms with Gasteiger partial charge in [-0.1, -0.05) is 24.3 Å². The number of benzene rings is 2. The first-order chi connectivity index (χ1) is 33.2. The van der Waals surface area contributed by atoms with Gasteiger partial charge in [0.1, 0.15) is 47.4 Å². The minimum Gasteiger partial charge on any atom is -0.493 e. The standard InChI is InChI=1S/C48H62N10O10/c59-37-11-9-31-13-23-65-39-7-3-1-5-33(39)47(63)57-21-19-55(29-43-49-15-16-50-43)27-35(57)45(61)53-25-41-38(60)12-10-32(68-41)14-24-66-40-8-4-2-6-34(40)48(64)58-22-20-56(30-44-51-17-18-52-44)28-36(58)46(62)54-26-42(37)67-31/h1-8,15-18,31-32,35-38,41-42,59-60H,9-14,19-30H2,(H,49,50)(H,51,52)(H,53,61)(H,54,62)/t31-,32-,35-,36-,37-,38-,41+,42+/m0/s1. The maximum atomic E-state index is 14.5. The SMILES string of the molecule is O=C1NC[C@H]2O[C@H](CCOc3ccccc3C(=O)N3CCN(Cc4ncc[nH]4)C[C@H]3C(=O)NC[C@H]3O[C@H](CCOc4ccccc4C(=O)N4CCN(Cc5ncc[nH]5)C[C@@H]14)CC[C@@H]3O)CC[C@@H]2O. The van der Waals surface area contributed by atoms with Crippen LogP contribution in [-0.2, 0) is 32.2 Å². The number of hydrogen-bond donors (Lipinski definition) is 6. The van der Waals surface area contributed by atoms with Crippen LogP contribution in [0, 0.1) is 0 Å². The van der Waals surface area contributed by atoms with Crippen LogP contribution in [0.1, 0.15) is 70.9 Å². The lowest BCUT2D eigenvalue weighted by atomic mass is 9.99. The van der Waals surface area contributed by atoms with Crippen molar-refractivity contribution < 1.29 is 48.3 Å². The molecule has 20 nitrogen and oxygen atoms in total.